The highest BCUT2D eigenvalue weighted by Gasteiger charge is 2.01. The van der Waals surface area contributed by atoms with Crippen LogP contribution < -0.4 is 0 Å². The fourth-order valence-corrected chi connectivity index (χ4v) is 1.69. The maximum absolute atomic E-state index is 10.2. The van der Waals surface area contributed by atoms with Gasteiger partial charge in [0.1, 0.15) is 0 Å². The Morgan fingerprint density at radius 2 is 2.23 bits per heavy atom. The molecule has 1 nitrogen and oxygen atoms in total. The van der Waals surface area contributed by atoms with E-state index in [0.29, 0.717) is 0 Å². The van der Waals surface area contributed by atoms with Crippen molar-refractivity contribution in [1.29, 1.82) is 0 Å². The van der Waals surface area contributed by atoms with Gasteiger partial charge in [-0.2, -0.15) is 0 Å². The fourth-order valence-electron chi connectivity index (χ4n) is 1.19. The van der Waals surface area contributed by atoms with Crippen LogP contribution in [0.5, 0.6) is 0 Å². The molecule has 68 valence electrons. The third-order valence-corrected chi connectivity index (χ3v) is 2.40. The van der Waals surface area contributed by atoms with Crippen LogP contribution in [0.4, 0.5) is 0 Å². The van der Waals surface area contributed by atoms with Gasteiger partial charge in [0.2, 0.25) is 0 Å². The standard InChI is InChI=1S/C11H12OS/c1-9(2)11-6-4-3-5-10(11)7-13-8-12/h3-6,8H,1,7H2,2H3. The minimum absolute atomic E-state index is 0.729. The second-order valence-electron chi connectivity index (χ2n) is 2.84. The number of allylic oxidation sites excluding steroid dienone is 1. The molecule has 0 heterocycles. The summed E-state index contributed by atoms with van der Waals surface area (Å²) in [5, 5.41) is 0. The van der Waals surface area contributed by atoms with Crippen LogP contribution in [0.1, 0.15) is 18.1 Å². The number of hydrogen-bond acceptors (Lipinski definition) is 2. The van der Waals surface area contributed by atoms with Crippen LogP contribution in [-0.2, 0) is 10.5 Å². The van der Waals surface area contributed by atoms with E-state index >= 15 is 0 Å². The van der Waals surface area contributed by atoms with Crippen molar-refractivity contribution in [3.8, 4) is 0 Å². The van der Waals surface area contributed by atoms with Crippen molar-refractivity contribution < 1.29 is 4.79 Å². The molecule has 13 heavy (non-hydrogen) atoms. The first-order valence-electron chi connectivity index (χ1n) is 4.04. The van der Waals surface area contributed by atoms with Crippen molar-refractivity contribution in [3.63, 3.8) is 0 Å². The molecule has 0 N–H and O–H groups in total. The lowest BCUT2D eigenvalue weighted by Gasteiger charge is -2.06. The van der Waals surface area contributed by atoms with Gasteiger partial charge in [-0.3, -0.25) is 4.79 Å². The van der Waals surface area contributed by atoms with E-state index in [9.17, 15) is 4.79 Å². The number of hydrogen-bond donors (Lipinski definition) is 0. The Hall–Kier alpha value is -1.02. The van der Waals surface area contributed by atoms with Gasteiger partial charge >= 0.3 is 0 Å². The first kappa shape index (κ1) is 10.1. The monoisotopic (exact) mass is 192 g/mol. The van der Waals surface area contributed by atoms with Crippen molar-refractivity contribution in [2.45, 2.75) is 12.7 Å². The Labute approximate surface area is 82.9 Å². The molecule has 0 spiro atoms. The highest BCUT2D eigenvalue weighted by Crippen LogP contribution is 2.20. The summed E-state index contributed by atoms with van der Waals surface area (Å²) in [5.41, 5.74) is 4.24. The lowest BCUT2D eigenvalue weighted by molar-refractivity contribution is 0.570. The van der Waals surface area contributed by atoms with Gasteiger partial charge in [-0.25, -0.2) is 0 Å². The third-order valence-electron chi connectivity index (χ3n) is 1.78. The SMILES string of the molecule is C=C(C)c1ccccc1CSC=O. The molecule has 0 amide bonds. The van der Waals surface area contributed by atoms with Crippen LogP contribution in [0, 0.1) is 0 Å². The average molecular weight is 192 g/mol. The Morgan fingerprint density at radius 1 is 1.54 bits per heavy atom. The summed E-state index contributed by atoms with van der Waals surface area (Å²) in [4.78, 5) is 10.2. The van der Waals surface area contributed by atoms with Gasteiger partial charge in [0.05, 0.1) is 0 Å². The van der Waals surface area contributed by atoms with Crippen molar-refractivity contribution in [2.24, 2.45) is 0 Å². The number of carbonyl (C=O) groups is 1. The molecule has 0 radical (unpaired) electrons. The Kier molecular flexibility index (Phi) is 3.77. The molecule has 2 heteroatoms. The zero-order chi connectivity index (χ0) is 9.68. The molecule has 0 aliphatic rings. The van der Waals surface area contributed by atoms with Gasteiger partial charge in [0.25, 0.3) is 0 Å². The van der Waals surface area contributed by atoms with E-state index in [-0.39, 0.29) is 0 Å². The molecule has 0 aromatic heterocycles. The average Bonchev–Trinajstić information content (AvgIpc) is 2.15. The minimum atomic E-state index is 0.729. The van der Waals surface area contributed by atoms with Crippen molar-refractivity contribution in [2.75, 3.05) is 0 Å². The van der Waals surface area contributed by atoms with Crippen LogP contribution >= 0.6 is 11.8 Å². The van der Waals surface area contributed by atoms with Gasteiger partial charge in [0, 0.05) is 5.75 Å². The molecule has 0 aliphatic heterocycles. The highest BCUT2D eigenvalue weighted by molar-refractivity contribution is 8.11. The molecule has 0 unspecified atom stereocenters. The predicted molar refractivity (Wildman–Crippen MR) is 59.2 cm³/mol. The van der Waals surface area contributed by atoms with Crippen LogP contribution in [0.3, 0.4) is 0 Å². The quantitative estimate of drug-likeness (QED) is 0.682. The largest absolute Gasteiger partial charge is 0.291 e. The summed E-state index contributed by atoms with van der Waals surface area (Å²) in [7, 11) is 0. The lowest BCUT2D eigenvalue weighted by Crippen LogP contribution is -1.88. The van der Waals surface area contributed by atoms with E-state index in [1.165, 1.54) is 17.3 Å². The summed E-state index contributed by atoms with van der Waals surface area (Å²) in [5.74, 6) is 0.729. The van der Waals surface area contributed by atoms with Gasteiger partial charge in [-0.15, -0.1) is 0 Å². The van der Waals surface area contributed by atoms with E-state index in [4.69, 9.17) is 0 Å². The molecule has 1 aromatic carbocycles. The Balaban J connectivity index is 2.90. The van der Waals surface area contributed by atoms with Gasteiger partial charge in [-0.1, -0.05) is 48.2 Å². The summed E-state index contributed by atoms with van der Waals surface area (Å²) >= 11 is 1.27. The first-order valence-corrected chi connectivity index (χ1v) is 5.09. The molecule has 0 saturated heterocycles. The Morgan fingerprint density at radius 3 is 2.85 bits per heavy atom. The number of carbonyl (C=O) groups excluding carboxylic acids is 1. The van der Waals surface area contributed by atoms with E-state index in [1.807, 2.05) is 31.2 Å². The van der Waals surface area contributed by atoms with Gasteiger partial charge in [-0.05, 0) is 18.1 Å². The molecule has 1 rings (SSSR count). The molecular formula is C11H12OS. The van der Waals surface area contributed by atoms with Crippen LogP contribution in [0.2, 0.25) is 0 Å². The van der Waals surface area contributed by atoms with Crippen LogP contribution in [-0.4, -0.2) is 5.62 Å². The minimum Gasteiger partial charge on any atom is -0.291 e. The van der Waals surface area contributed by atoms with Crippen LogP contribution in [0.15, 0.2) is 30.8 Å². The van der Waals surface area contributed by atoms with E-state index < -0.39 is 0 Å². The molecule has 0 atom stereocenters. The van der Waals surface area contributed by atoms with Crippen molar-refractivity contribution in [1.82, 2.24) is 0 Å². The fraction of sp³-hybridized carbons (Fsp3) is 0.182. The molecule has 0 aliphatic carbocycles. The third kappa shape index (κ3) is 2.74. The van der Waals surface area contributed by atoms with Gasteiger partial charge in [0.15, 0.2) is 5.62 Å². The molecular weight excluding hydrogens is 180 g/mol. The van der Waals surface area contributed by atoms with Crippen molar-refractivity contribution >= 4 is 23.0 Å². The van der Waals surface area contributed by atoms with E-state index in [1.54, 1.807) is 0 Å². The molecule has 0 saturated carbocycles. The maximum Gasteiger partial charge on any atom is 0.176 e. The number of thioether (sulfide) groups is 1. The highest BCUT2D eigenvalue weighted by atomic mass is 32.2. The van der Waals surface area contributed by atoms with E-state index in [2.05, 4.69) is 6.58 Å². The predicted octanol–water partition coefficient (Wildman–Crippen LogP) is 3.14. The topological polar surface area (TPSA) is 17.1 Å². The summed E-state index contributed by atoms with van der Waals surface area (Å²) in [6, 6.07) is 8.02. The maximum atomic E-state index is 10.2. The zero-order valence-corrected chi connectivity index (χ0v) is 8.43. The van der Waals surface area contributed by atoms with Gasteiger partial charge < -0.3 is 0 Å². The zero-order valence-electron chi connectivity index (χ0n) is 7.62. The first-order chi connectivity index (χ1) is 6.25. The lowest BCUT2D eigenvalue weighted by atomic mass is 10.0. The number of benzene rings is 1. The summed E-state index contributed by atoms with van der Waals surface area (Å²) in [6.07, 6.45) is 0. The Bertz CT molecular complexity index is 318. The molecule has 0 fully saturated rings. The second-order valence-corrected chi connectivity index (χ2v) is 3.66. The molecule has 0 bridgehead atoms. The smallest absolute Gasteiger partial charge is 0.176 e. The summed E-state index contributed by atoms with van der Waals surface area (Å²) in [6.45, 7) is 5.87. The number of rotatable bonds is 4. The van der Waals surface area contributed by atoms with Crippen LogP contribution in [0.25, 0.3) is 5.57 Å². The summed E-state index contributed by atoms with van der Waals surface area (Å²) < 4.78 is 0. The van der Waals surface area contributed by atoms with Crippen molar-refractivity contribution in [3.05, 3.63) is 42.0 Å². The normalized spacial score (nSPS) is 9.62. The second kappa shape index (κ2) is 4.87. The molecule has 1 aromatic rings. The van der Waals surface area contributed by atoms with E-state index in [0.717, 1.165) is 22.5 Å².